The number of ether oxygens (including phenoxy) is 1. The van der Waals surface area contributed by atoms with Crippen LogP contribution in [0.5, 0.6) is 5.75 Å². The molecular formula is C17H24N2O2. The van der Waals surface area contributed by atoms with Crippen molar-refractivity contribution in [2.24, 2.45) is 11.3 Å². The van der Waals surface area contributed by atoms with Gasteiger partial charge < -0.3 is 15.4 Å². The van der Waals surface area contributed by atoms with E-state index in [1.165, 1.54) is 19.3 Å². The third-order valence-corrected chi connectivity index (χ3v) is 4.66. The molecule has 1 aliphatic carbocycles. The zero-order chi connectivity index (χ0) is 15.0. The number of benzene rings is 1. The zero-order valence-corrected chi connectivity index (χ0v) is 13.0. The summed E-state index contributed by atoms with van der Waals surface area (Å²) >= 11 is 0. The number of carbonyl (C=O) groups is 1. The van der Waals surface area contributed by atoms with Crippen LogP contribution in [-0.2, 0) is 4.79 Å². The van der Waals surface area contributed by atoms with Gasteiger partial charge in [0.15, 0.2) is 6.61 Å². The molecule has 0 bridgehead atoms. The number of fused-ring (bicyclic) bond motifs is 1. The van der Waals surface area contributed by atoms with Gasteiger partial charge in [-0.3, -0.25) is 4.79 Å². The Morgan fingerprint density at radius 1 is 1.38 bits per heavy atom. The maximum absolute atomic E-state index is 11.4. The molecule has 1 aliphatic heterocycles. The van der Waals surface area contributed by atoms with Crippen LogP contribution >= 0.6 is 0 Å². The van der Waals surface area contributed by atoms with E-state index in [4.69, 9.17) is 4.74 Å². The second kappa shape index (κ2) is 5.24. The maximum Gasteiger partial charge on any atom is 0.262 e. The van der Waals surface area contributed by atoms with E-state index in [1.54, 1.807) is 0 Å². The van der Waals surface area contributed by atoms with Gasteiger partial charge in [0, 0.05) is 11.7 Å². The number of carbonyl (C=O) groups excluding carboxylic acids is 1. The minimum absolute atomic E-state index is 0.0903. The Kier molecular flexibility index (Phi) is 3.56. The summed E-state index contributed by atoms with van der Waals surface area (Å²) in [4.78, 5) is 11.4. The monoisotopic (exact) mass is 288 g/mol. The molecule has 4 heteroatoms. The number of rotatable bonds is 2. The molecule has 1 aromatic carbocycles. The molecule has 2 atom stereocenters. The molecule has 1 aromatic rings. The highest BCUT2D eigenvalue weighted by atomic mass is 16.5. The predicted octanol–water partition coefficient (Wildman–Crippen LogP) is 3.64. The standard InChI is InChI=1S/C17H24N2O2/c1-11-9-17(2,3)7-6-13(11)18-12-4-5-15-14(8-12)19-16(20)10-21-15/h4-5,8,11,13,18H,6-7,9-10H2,1-3H3,(H,19,20). The van der Waals surface area contributed by atoms with Crippen molar-refractivity contribution in [3.05, 3.63) is 18.2 Å². The first-order chi connectivity index (χ1) is 9.93. The van der Waals surface area contributed by atoms with Gasteiger partial charge in [-0.25, -0.2) is 0 Å². The van der Waals surface area contributed by atoms with Crippen molar-refractivity contribution in [1.82, 2.24) is 0 Å². The largest absolute Gasteiger partial charge is 0.482 e. The fraction of sp³-hybridized carbons (Fsp3) is 0.588. The van der Waals surface area contributed by atoms with Crippen LogP contribution in [0, 0.1) is 11.3 Å². The van der Waals surface area contributed by atoms with Crippen LogP contribution in [0.15, 0.2) is 18.2 Å². The van der Waals surface area contributed by atoms with Crippen LogP contribution in [-0.4, -0.2) is 18.6 Å². The molecule has 3 rings (SSSR count). The predicted molar refractivity (Wildman–Crippen MR) is 84.8 cm³/mol. The van der Waals surface area contributed by atoms with Crippen molar-refractivity contribution >= 4 is 17.3 Å². The molecule has 2 unspecified atom stereocenters. The molecule has 114 valence electrons. The summed E-state index contributed by atoms with van der Waals surface area (Å²) in [7, 11) is 0. The minimum atomic E-state index is -0.0903. The van der Waals surface area contributed by atoms with Crippen LogP contribution in [0.25, 0.3) is 0 Å². The first-order valence-electron chi connectivity index (χ1n) is 7.76. The Balaban J connectivity index is 1.71. The molecule has 1 amide bonds. The van der Waals surface area contributed by atoms with E-state index in [-0.39, 0.29) is 12.5 Å². The van der Waals surface area contributed by atoms with Gasteiger partial charge in [-0.2, -0.15) is 0 Å². The molecule has 1 saturated carbocycles. The second-order valence-corrected chi connectivity index (χ2v) is 7.18. The number of amides is 1. The number of anilines is 2. The summed E-state index contributed by atoms with van der Waals surface area (Å²) in [6.07, 6.45) is 3.68. The second-order valence-electron chi connectivity index (χ2n) is 7.18. The average molecular weight is 288 g/mol. The molecule has 4 nitrogen and oxygen atoms in total. The molecule has 2 N–H and O–H groups in total. The van der Waals surface area contributed by atoms with Crippen LogP contribution in [0.4, 0.5) is 11.4 Å². The molecule has 21 heavy (non-hydrogen) atoms. The topological polar surface area (TPSA) is 50.4 Å². The van der Waals surface area contributed by atoms with Crippen molar-refractivity contribution in [3.8, 4) is 5.75 Å². The third kappa shape index (κ3) is 3.14. The van der Waals surface area contributed by atoms with Crippen molar-refractivity contribution in [1.29, 1.82) is 0 Å². The fourth-order valence-electron chi connectivity index (χ4n) is 3.55. The molecule has 0 radical (unpaired) electrons. The Bertz CT molecular complexity index is 554. The Morgan fingerprint density at radius 3 is 2.95 bits per heavy atom. The van der Waals surface area contributed by atoms with E-state index < -0.39 is 0 Å². The summed E-state index contributed by atoms with van der Waals surface area (Å²) in [5, 5.41) is 6.48. The lowest BCUT2D eigenvalue weighted by molar-refractivity contribution is -0.118. The first kappa shape index (κ1) is 14.2. The zero-order valence-electron chi connectivity index (χ0n) is 13.0. The number of nitrogens with one attached hydrogen (secondary N) is 2. The highest BCUT2D eigenvalue weighted by Crippen LogP contribution is 2.40. The van der Waals surface area contributed by atoms with E-state index in [9.17, 15) is 4.79 Å². The van der Waals surface area contributed by atoms with Crippen molar-refractivity contribution in [2.45, 2.75) is 46.1 Å². The van der Waals surface area contributed by atoms with Crippen LogP contribution in [0.2, 0.25) is 0 Å². The third-order valence-electron chi connectivity index (χ3n) is 4.66. The van der Waals surface area contributed by atoms with Gasteiger partial charge in [-0.15, -0.1) is 0 Å². The minimum Gasteiger partial charge on any atom is -0.482 e. The summed E-state index contributed by atoms with van der Waals surface area (Å²) in [5.41, 5.74) is 2.27. The smallest absolute Gasteiger partial charge is 0.262 e. The van der Waals surface area contributed by atoms with Gasteiger partial charge in [0.25, 0.3) is 5.91 Å². The molecule has 2 aliphatic rings. The fourth-order valence-corrected chi connectivity index (χ4v) is 3.55. The summed E-state index contributed by atoms with van der Waals surface area (Å²) in [5.74, 6) is 1.31. The van der Waals surface area contributed by atoms with Crippen molar-refractivity contribution in [3.63, 3.8) is 0 Å². The van der Waals surface area contributed by atoms with Crippen molar-refractivity contribution < 1.29 is 9.53 Å². The van der Waals surface area contributed by atoms with Crippen LogP contribution in [0.3, 0.4) is 0 Å². The molecule has 1 heterocycles. The molecular weight excluding hydrogens is 264 g/mol. The highest BCUT2D eigenvalue weighted by molar-refractivity contribution is 5.96. The first-order valence-corrected chi connectivity index (χ1v) is 7.76. The lowest BCUT2D eigenvalue weighted by atomic mass is 9.70. The average Bonchev–Trinajstić information content (AvgIpc) is 2.41. The highest BCUT2D eigenvalue weighted by Gasteiger charge is 2.32. The normalized spacial score (nSPS) is 27.3. The summed E-state index contributed by atoms with van der Waals surface area (Å²) in [6.45, 7) is 7.13. The quantitative estimate of drug-likeness (QED) is 0.873. The van der Waals surface area contributed by atoms with Gasteiger partial charge in [0.2, 0.25) is 0 Å². The van der Waals surface area contributed by atoms with E-state index in [0.29, 0.717) is 17.4 Å². The van der Waals surface area contributed by atoms with E-state index in [1.807, 2.05) is 18.2 Å². The molecule has 0 aromatic heterocycles. The Labute approximate surface area is 126 Å². The lowest BCUT2D eigenvalue weighted by Crippen LogP contribution is -2.36. The molecule has 0 spiro atoms. The molecule has 0 saturated heterocycles. The van der Waals surface area contributed by atoms with Gasteiger partial charge in [0.1, 0.15) is 5.75 Å². The number of hydrogen-bond acceptors (Lipinski definition) is 3. The summed E-state index contributed by atoms with van der Waals surface area (Å²) < 4.78 is 5.39. The van der Waals surface area contributed by atoms with Gasteiger partial charge >= 0.3 is 0 Å². The number of hydrogen-bond donors (Lipinski definition) is 2. The summed E-state index contributed by atoms with van der Waals surface area (Å²) in [6, 6.07) is 6.42. The maximum atomic E-state index is 11.4. The Morgan fingerprint density at radius 2 is 2.19 bits per heavy atom. The van der Waals surface area contributed by atoms with Crippen molar-refractivity contribution in [2.75, 3.05) is 17.2 Å². The van der Waals surface area contributed by atoms with E-state index in [0.717, 1.165) is 17.1 Å². The van der Waals surface area contributed by atoms with Gasteiger partial charge in [-0.1, -0.05) is 20.8 Å². The van der Waals surface area contributed by atoms with E-state index in [2.05, 4.69) is 31.4 Å². The van der Waals surface area contributed by atoms with Crippen LogP contribution < -0.4 is 15.4 Å². The van der Waals surface area contributed by atoms with Crippen LogP contribution in [0.1, 0.15) is 40.0 Å². The Hall–Kier alpha value is -1.71. The van der Waals surface area contributed by atoms with Gasteiger partial charge in [-0.05, 0) is 48.8 Å². The SMILES string of the molecule is CC1CC(C)(C)CCC1Nc1ccc2c(c1)NC(=O)CO2. The van der Waals surface area contributed by atoms with E-state index >= 15 is 0 Å². The lowest BCUT2D eigenvalue weighted by Gasteiger charge is -2.40. The molecule has 1 fully saturated rings. The van der Waals surface area contributed by atoms with Gasteiger partial charge in [0.05, 0.1) is 5.69 Å².